The van der Waals surface area contributed by atoms with Crippen molar-refractivity contribution >= 4 is 0 Å². The first-order chi connectivity index (χ1) is 15.2. The van der Waals surface area contributed by atoms with Crippen molar-refractivity contribution in [3.8, 4) is 0 Å². The summed E-state index contributed by atoms with van der Waals surface area (Å²) in [5, 5.41) is 87.6. The summed E-state index contributed by atoms with van der Waals surface area (Å²) in [5.74, 6) is 0. The van der Waals surface area contributed by atoms with Crippen LogP contribution in [0.5, 0.6) is 0 Å². The van der Waals surface area contributed by atoms with Crippen LogP contribution in [0.4, 0.5) is 0 Å². The maximum absolute atomic E-state index is 10.5. The zero-order chi connectivity index (χ0) is 23.6. The molecule has 0 spiro atoms. The smallest absolute Gasteiger partial charge is 0.210 e. The van der Waals surface area contributed by atoms with E-state index in [4.69, 9.17) is 33.2 Å². The maximum Gasteiger partial charge on any atom is 0.210 e. The van der Waals surface area contributed by atoms with Gasteiger partial charge in [-0.05, 0) is 0 Å². The number of aliphatic hydroxyl groups is 9. The average molecular weight is 476 g/mol. The minimum atomic E-state index is -1.84. The number of hydrogen-bond acceptors (Lipinski definition) is 16. The van der Waals surface area contributed by atoms with Gasteiger partial charge in [-0.2, -0.15) is 0 Å². The summed E-state index contributed by atoms with van der Waals surface area (Å²) in [4.78, 5) is 0. The average Bonchev–Trinajstić information content (AvgIpc) is 2.77. The molecule has 188 valence electrons. The molecule has 3 aliphatic rings. The SMILES string of the molecule is OCC1O[C@H](O)C(O)O[C@@H]1O[C@H]1OC(CO)[C@@H](O[C@H]2OC(CO)[C@@H](O)OC2O)C(O)C1O. The van der Waals surface area contributed by atoms with Crippen molar-refractivity contribution in [2.24, 2.45) is 0 Å². The van der Waals surface area contributed by atoms with Gasteiger partial charge >= 0.3 is 0 Å². The summed E-state index contributed by atoms with van der Waals surface area (Å²) in [6.45, 7) is -2.16. The van der Waals surface area contributed by atoms with Crippen molar-refractivity contribution in [1.82, 2.24) is 0 Å². The topological polar surface area (TPSA) is 247 Å². The van der Waals surface area contributed by atoms with Crippen LogP contribution in [0.15, 0.2) is 0 Å². The molecule has 16 heteroatoms. The van der Waals surface area contributed by atoms with Gasteiger partial charge in [0.05, 0.1) is 19.8 Å². The molecule has 0 radical (unpaired) electrons. The van der Waals surface area contributed by atoms with Gasteiger partial charge in [-0.3, -0.25) is 0 Å². The summed E-state index contributed by atoms with van der Waals surface area (Å²) in [7, 11) is 0. The molecular weight excluding hydrogens is 448 g/mol. The van der Waals surface area contributed by atoms with E-state index in [1.54, 1.807) is 0 Å². The highest BCUT2D eigenvalue weighted by molar-refractivity contribution is 4.91. The molecule has 0 bridgehead atoms. The quantitative estimate of drug-likeness (QED) is 0.166. The van der Waals surface area contributed by atoms with Crippen LogP contribution in [0.2, 0.25) is 0 Å². The zero-order valence-corrected chi connectivity index (χ0v) is 16.5. The van der Waals surface area contributed by atoms with Crippen LogP contribution in [0.1, 0.15) is 0 Å². The van der Waals surface area contributed by atoms with Crippen molar-refractivity contribution < 1.29 is 79.1 Å². The second-order valence-corrected chi connectivity index (χ2v) is 7.23. The van der Waals surface area contributed by atoms with E-state index in [0.717, 1.165) is 0 Å². The fourth-order valence-electron chi connectivity index (χ4n) is 3.31. The van der Waals surface area contributed by atoms with Gasteiger partial charge in [-0.1, -0.05) is 0 Å². The van der Waals surface area contributed by atoms with Crippen molar-refractivity contribution in [3.63, 3.8) is 0 Å². The third-order valence-electron chi connectivity index (χ3n) is 5.01. The van der Waals surface area contributed by atoms with Gasteiger partial charge in [-0.25, -0.2) is 0 Å². The lowest BCUT2D eigenvalue weighted by Gasteiger charge is -2.46. The molecule has 32 heavy (non-hydrogen) atoms. The lowest BCUT2D eigenvalue weighted by atomic mass is 9.99. The largest absolute Gasteiger partial charge is 0.394 e. The van der Waals surface area contributed by atoms with Crippen molar-refractivity contribution in [3.05, 3.63) is 0 Å². The number of rotatable bonds is 7. The van der Waals surface area contributed by atoms with E-state index in [2.05, 4.69) is 0 Å². The van der Waals surface area contributed by atoms with E-state index < -0.39 is 100 Å². The van der Waals surface area contributed by atoms with Crippen LogP contribution >= 0.6 is 0 Å². The molecule has 0 aromatic carbocycles. The highest BCUT2D eigenvalue weighted by Crippen LogP contribution is 2.30. The number of aliphatic hydroxyl groups excluding tert-OH is 9. The Hall–Kier alpha value is -0.640. The Morgan fingerprint density at radius 3 is 1.69 bits per heavy atom. The van der Waals surface area contributed by atoms with E-state index >= 15 is 0 Å². The Bertz CT molecular complexity index is 580. The zero-order valence-electron chi connectivity index (χ0n) is 16.5. The molecule has 13 atom stereocenters. The van der Waals surface area contributed by atoms with Gasteiger partial charge < -0.3 is 79.1 Å². The van der Waals surface area contributed by atoms with Gasteiger partial charge in [0.2, 0.25) is 25.2 Å². The van der Waals surface area contributed by atoms with Gasteiger partial charge in [0.25, 0.3) is 0 Å². The van der Waals surface area contributed by atoms with E-state index in [-0.39, 0.29) is 0 Å². The highest BCUT2D eigenvalue weighted by Gasteiger charge is 2.51. The third kappa shape index (κ3) is 5.53. The second-order valence-electron chi connectivity index (χ2n) is 7.23. The molecule has 0 aromatic heterocycles. The maximum atomic E-state index is 10.5. The Kier molecular flexibility index (Phi) is 9.08. The molecule has 3 heterocycles. The molecule has 0 saturated carbocycles. The molecular formula is C16H28O16. The van der Waals surface area contributed by atoms with Crippen LogP contribution in [0.3, 0.4) is 0 Å². The summed E-state index contributed by atoms with van der Waals surface area (Å²) in [6, 6.07) is 0. The van der Waals surface area contributed by atoms with Crippen LogP contribution in [-0.4, -0.2) is 146 Å². The molecule has 9 N–H and O–H groups in total. The molecule has 3 rings (SSSR count). The van der Waals surface area contributed by atoms with E-state index in [9.17, 15) is 46.0 Å². The van der Waals surface area contributed by atoms with Gasteiger partial charge in [0.15, 0.2) is 18.9 Å². The number of ether oxygens (including phenoxy) is 7. The Morgan fingerprint density at radius 1 is 0.469 bits per heavy atom. The molecule has 7 unspecified atom stereocenters. The fourth-order valence-corrected chi connectivity index (χ4v) is 3.31. The second kappa shape index (κ2) is 11.2. The van der Waals surface area contributed by atoms with Crippen LogP contribution < -0.4 is 0 Å². The van der Waals surface area contributed by atoms with Crippen molar-refractivity contribution in [2.75, 3.05) is 19.8 Å². The minimum absolute atomic E-state index is 0.685. The first-order valence-electron chi connectivity index (χ1n) is 9.69. The molecule has 3 saturated heterocycles. The van der Waals surface area contributed by atoms with E-state index in [1.807, 2.05) is 0 Å². The molecule has 0 aliphatic carbocycles. The fraction of sp³-hybridized carbons (Fsp3) is 1.00. The number of hydrogen-bond donors (Lipinski definition) is 9. The van der Waals surface area contributed by atoms with Crippen LogP contribution in [0, 0.1) is 0 Å². The standard InChI is InChI=1S/C16H28O16/c17-1-4-9(29-16-13(25)30-10(22)5(2-18)28-16)7(20)8(21)15(27-4)32-14-6(3-19)26-11(23)12(24)31-14/h4-25H,1-3H2/t4?,5?,6?,7?,8?,9-,10+,11+,12?,13?,14-,15-,16-/m1/s1. The minimum Gasteiger partial charge on any atom is -0.394 e. The van der Waals surface area contributed by atoms with Crippen molar-refractivity contribution in [2.45, 2.75) is 80.7 Å². The van der Waals surface area contributed by atoms with Crippen molar-refractivity contribution in [1.29, 1.82) is 0 Å². The third-order valence-corrected chi connectivity index (χ3v) is 5.01. The molecule has 0 amide bonds. The van der Waals surface area contributed by atoms with E-state index in [1.165, 1.54) is 0 Å². The van der Waals surface area contributed by atoms with Gasteiger partial charge in [0, 0.05) is 0 Å². The summed E-state index contributed by atoms with van der Waals surface area (Å²) in [6.07, 6.45) is -21.0. The lowest BCUT2D eigenvalue weighted by Crippen LogP contribution is -2.64. The summed E-state index contributed by atoms with van der Waals surface area (Å²) in [5.41, 5.74) is 0. The Balaban J connectivity index is 1.66. The summed E-state index contributed by atoms with van der Waals surface area (Å²) >= 11 is 0. The van der Waals surface area contributed by atoms with Crippen LogP contribution in [0.25, 0.3) is 0 Å². The first-order valence-corrected chi connectivity index (χ1v) is 9.69. The van der Waals surface area contributed by atoms with Crippen LogP contribution in [-0.2, 0) is 33.2 Å². The van der Waals surface area contributed by atoms with E-state index in [0.29, 0.717) is 0 Å². The molecule has 3 fully saturated rings. The summed E-state index contributed by atoms with van der Waals surface area (Å²) < 4.78 is 35.9. The molecule has 0 aromatic rings. The molecule has 16 nitrogen and oxygen atoms in total. The molecule has 3 aliphatic heterocycles. The monoisotopic (exact) mass is 476 g/mol. The Labute approximate surface area is 180 Å². The lowest BCUT2D eigenvalue weighted by molar-refractivity contribution is -0.433. The van der Waals surface area contributed by atoms with Gasteiger partial charge in [-0.15, -0.1) is 0 Å². The predicted molar refractivity (Wildman–Crippen MR) is 91.4 cm³/mol. The Morgan fingerprint density at radius 2 is 1.06 bits per heavy atom. The highest BCUT2D eigenvalue weighted by atomic mass is 16.8. The normalized spacial score (nSPS) is 50.3. The predicted octanol–water partition coefficient (Wildman–Crippen LogP) is -6.43. The van der Waals surface area contributed by atoms with Gasteiger partial charge in [0.1, 0.15) is 36.6 Å². The first kappa shape index (κ1) is 26.0.